The number of benzene rings is 2. The Bertz CT molecular complexity index is 1190. The minimum absolute atomic E-state index is 0.111. The van der Waals surface area contributed by atoms with Crippen molar-refractivity contribution in [3.8, 4) is 22.8 Å². The number of nitrogens with one attached hydrogen (secondary N) is 1. The van der Waals surface area contributed by atoms with E-state index in [0.717, 1.165) is 11.8 Å². The number of anilines is 1. The average Bonchev–Trinajstić information content (AvgIpc) is 2.72. The lowest BCUT2D eigenvalue weighted by molar-refractivity contribution is 0.391. The van der Waals surface area contributed by atoms with Crippen molar-refractivity contribution >= 4 is 27.1 Å². The maximum absolute atomic E-state index is 14.2. The molecule has 0 bridgehead atoms. The molecule has 0 aliphatic carbocycles. The minimum Gasteiger partial charge on any atom is -0.497 e. The summed E-state index contributed by atoms with van der Waals surface area (Å²) in [6.45, 7) is 0.221. The first-order valence-corrected chi connectivity index (χ1v) is 11.0. The number of sulfone groups is 1. The molecule has 0 fully saturated rings. The smallest absolute Gasteiger partial charge is 0.200 e. The van der Waals surface area contributed by atoms with Crippen molar-refractivity contribution < 1.29 is 22.3 Å². The predicted molar refractivity (Wildman–Crippen MR) is 112 cm³/mol. The van der Waals surface area contributed by atoms with E-state index in [1.807, 2.05) is 0 Å². The maximum Gasteiger partial charge on any atom is 0.200 e. The Hall–Kier alpha value is -2.91. The Balaban J connectivity index is 2.01. The van der Waals surface area contributed by atoms with Crippen LogP contribution in [-0.4, -0.2) is 39.1 Å². The summed E-state index contributed by atoms with van der Waals surface area (Å²) in [5.41, 5.74) is 1.19. The normalized spacial score (nSPS) is 11.2. The molecule has 0 saturated heterocycles. The van der Waals surface area contributed by atoms with Gasteiger partial charge in [0.05, 0.1) is 25.6 Å². The Morgan fingerprint density at radius 2 is 1.83 bits per heavy atom. The van der Waals surface area contributed by atoms with Gasteiger partial charge >= 0.3 is 0 Å². The van der Waals surface area contributed by atoms with Crippen molar-refractivity contribution in [2.45, 2.75) is 11.6 Å². The number of nitrogens with zero attached hydrogens (tertiary/aromatic N) is 2. The van der Waals surface area contributed by atoms with Crippen molar-refractivity contribution in [2.24, 2.45) is 0 Å². The van der Waals surface area contributed by atoms with Gasteiger partial charge in [-0.1, -0.05) is 11.6 Å². The zero-order valence-corrected chi connectivity index (χ0v) is 18.0. The average molecular weight is 452 g/mol. The summed E-state index contributed by atoms with van der Waals surface area (Å²) in [6, 6.07) is 10.7. The number of rotatable bonds is 7. The molecule has 30 heavy (non-hydrogen) atoms. The highest BCUT2D eigenvalue weighted by atomic mass is 35.5. The van der Waals surface area contributed by atoms with E-state index in [0.29, 0.717) is 16.5 Å². The molecule has 0 aliphatic rings. The van der Waals surface area contributed by atoms with Crippen LogP contribution in [0.1, 0.15) is 5.56 Å². The third-order valence-corrected chi connectivity index (χ3v) is 5.52. The second-order valence-corrected chi connectivity index (χ2v) is 8.74. The van der Waals surface area contributed by atoms with Crippen molar-refractivity contribution in [2.75, 3.05) is 25.8 Å². The van der Waals surface area contributed by atoms with Crippen molar-refractivity contribution in [3.05, 3.63) is 58.9 Å². The molecular formula is C20H19ClFN3O4S. The fourth-order valence-electron chi connectivity index (χ4n) is 2.79. The molecule has 3 rings (SSSR count). The van der Waals surface area contributed by atoms with Gasteiger partial charge in [-0.25, -0.2) is 12.8 Å². The summed E-state index contributed by atoms with van der Waals surface area (Å²) in [5, 5.41) is 10.8. The number of hydrogen-bond acceptors (Lipinski definition) is 7. The maximum atomic E-state index is 14.2. The van der Waals surface area contributed by atoms with E-state index in [2.05, 4.69) is 15.5 Å². The molecule has 0 amide bonds. The topological polar surface area (TPSA) is 90.4 Å². The van der Waals surface area contributed by atoms with Gasteiger partial charge in [-0.3, -0.25) is 0 Å². The number of hydrogen-bond donors (Lipinski definition) is 1. The van der Waals surface area contributed by atoms with Gasteiger partial charge < -0.3 is 14.8 Å². The van der Waals surface area contributed by atoms with Crippen LogP contribution in [0, 0.1) is 5.82 Å². The van der Waals surface area contributed by atoms with Crippen molar-refractivity contribution in [1.29, 1.82) is 0 Å². The molecule has 0 radical (unpaired) electrons. The highest BCUT2D eigenvalue weighted by Gasteiger charge is 2.19. The molecule has 1 aromatic heterocycles. The lowest BCUT2D eigenvalue weighted by Gasteiger charge is -2.14. The van der Waals surface area contributed by atoms with Gasteiger partial charge in [0.2, 0.25) is 5.03 Å². The standard InChI is InChI=1S/C20H19ClFN3O4S/c1-28-14-6-4-12(19(9-14)29-2)11-23-18-10-17(24-25-20(18)30(3,26)27)15-8-13(21)5-7-16(15)22/h4-10H,11H2,1-3H3,(H,23,24). The van der Waals surface area contributed by atoms with Gasteiger partial charge in [0.1, 0.15) is 17.3 Å². The number of ether oxygens (including phenoxy) is 2. The second kappa shape index (κ2) is 8.85. The van der Waals surface area contributed by atoms with Gasteiger partial charge in [0.15, 0.2) is 9.84 Å². The van der Waals surface area contributed by atoms with Crippen LogP contribution in [0.5, 0.6) is 11.5 Å². The van der Waals surface area contributed by atoms with Gasteiger partial charge in [0.25, 0.3) is 0 Å². The van der Waals surface area contributed by atoms with E-state index in [-0.39, 0.29) is 28.5 Å². The van der Waals surface area contributed by atoms with E-state index < -0.39 is 15.7 Å². The number of halogens is 2. The van der Waals surface area contributed by atoms with Crippen molar-refractivity contribution in [3.63, 3.8) is 0 Å². The lowest BCUT2D eigenvalue weighted by atomic mass is 10.1. The molecule has 0 aliphatic heterocycles. The first kappa shape index (κ1) is 21.8. The van der Waals surface area contributed by atoms with Crippen LogP contribution in [0.25, 0.3) is 11.3 Å². The predicted octanol–water partition coefficient (Wildman–Crippen LogP) is 3.97. The third kappa shape index (κ3) is 4.80. The van der Waals surface area contributed by atoms with Crippen LogP contribution in [0.15, 0.2) is 47.5 Å². The van der Waals surface area contributed by atoms with Gasteiger partial charge in [-0.05, 0) is 36.4 Å². The molecule has 0 spiro atoms. The van der Waals surface area contributed by atoms with Gasteiger partial charge in [-0.2, -0.15) is 0 Å². The Morgan fingerprint density at radius 1 is 1.07 bits per heavy atom. The first-order valence-electron chi connectivity index (χ1n) is 8.71. The molecule has 0 atom stereocenters. The lowest BCUT2D eigenvalue weighted by Crippen LogP contribution is -2.11. The summed E-state index contributed by atoms with van der Waals surface area (Å²) in [5.74, 6) is 0.631. The van der Waals surface area contributed by atoms with Crippen LogP contribution < -0.4 is 14.8 Å². The zero-order chi connectivity index (χ0) is 21.9. The minimum atomic E-state index is -3.69. The summed E-state index contributed by atoms with van der Waals surface area (Å²) in [4.78, 5) is 0. The molecule has 7 nitrogen and oxygen atoms in total. The van der Waals surface area contributed by atoms with Crippen molar-refractivity contribution in [1.82, 2.24) is 10.2 Å². The summed E-state index contributed by atoms with van der Waals surface area (Å²) < 4.78 is 49.1. The molecular weight excluding hydrogens is 433 g/mol. The third-order valence-electron chi connectivity index (χ3n) is 4.28. The first-order chi connectivity index (χ1) is 14.2. The van der Waals surface area contributed by atoms with Crippen LogP contribution in [0.2, 0.25) is 5.02 Å². The number of aromatic nitrogens is 2. The van der Waals surface area contributed by atoms with Crippen LogP contribution in [-0.2, 0) is 16.4 Å². The Kier molecular flexibility index (Phi) is 6.42. The molecule has 1 heterocycles. The van der Waals surface area contributed by atoms with E-state index in [9.17, 15) is 12.8 Å². The highest BCUT2D eigenvalue weighted by Crippen LogP contribution is 2.30. The Morgan fingerprint density at radius 3 is 2.50 bits per heavy atom. The van der Waals surface area contributed by atoms with Crippen LogP contribution in [0.3, 0.4) is 0 Å². The molecule has 2 aromatic carbocycles. The second-order valence-electron chi connectivity index (χ2n) is 6.38. The quantitative estimate of drug-likeness (QED) is 0.581. The molecule has 0 unspecified atom stereocenters. The van der Waals surface area contributed by atoms with Gasteiger partial charge in [0, 0.05) is 35.0 Å². The summed E-state index contributed by atoms with van der Waals surface area (Å²) in [7, 11) is -0.621. The highest BCUT2D eigenvalue weighted by molar-refractivity contribution is 7.90. The number of methoxy groups -OCH3 is 2. The molecule has 1 N–H and O–H groups in total. The SMILES string of the molecule is COc1ccc(CNc2cc(-c3cc(Cl)ccc3F)nnc2S(C)(=O)=O)c(OC)c1. The Labute approximate surface area is 178 Å². The van der Waals surface area contributed by atoms with E-state index in [1.54, 1.807) is 25.3 Å². The molecule has 0 saturated carbocycles. The van der Waals surface area contributed by atoms with Gasteiger partial charge in [-0.15, -0.1) is 10.2 Å². The summed E-state index contributed by atoms with van der Waals surface area (Å²) in [6.07, 6.45) is 1.02. The van der Waals surface area contributed by atoms with E-state index in [1.165, 1.54) is 31.4 Å². The van der Waals surface area contributed by atoms with E-state index in [4.69, 9.17) is 21.1 Å². The molecule has 158 valence electrons. The molecule has 10 heteroatoms. The fraction of sp³-hybridized carbons (Fsp3) is 0.200. The van der Waals surface area contributed by atoms with Crippen LogP contribution >= 0.6 is 11.6 Å². The van der Waals surface area contributed by atoms with Crippen LogP contribution in [0.4, 0.5) is 10.1 Å². The summed E-state index contributed by atoms with van der Waals surface area (Å²) >= 11 is 5.96. The van der Waals surface area contributed by atoms with E-state index >= 15 is 0 Å². The zero-order valence-electron chi connectivity index (χ0n) is 16.4. The fourth-order valence-corrected chi connectivity index (χ4v) is 3.69. The monoisotopic (exact) mass is 451 g/mol. The molecule has 3 aromatic rings. The largest absolute Gasteiger partial charge is 0.497 e.